The first kappa shape index (κ1) is 13.8. The van der Waals surface area contributed by atoms with E-state index in [0.717, 1.165) is 10.0 Å². The van der Waals surface area contributed by atoms with Gasteiger partial charge in [0.1, 0.15) is 0 Å². The topological polar surface area (TPSA) is 43.1 Å². The highest BCUT2D eigenvalue weighted by Gasteiger charge is 2.12. The van der Waals surface area contributed by atoms with Gasteiger partial charge in [-0.1, -0.05) is 34.1 Å². The van der Waals surface area contributed by atoms with Crippen LogP contribution in [-0.2, 0) is 16.6 Å². The van der Waals surface area contributed by atoms with Gasteiger partial charge in [0.05, 0.1) is 21.4 Å². The second-order valence-corrected chi connectivity index (χ2v) is 7.68. The molecule has 0 spiro atoms. The van der Waals surface area contributed by atoms with Crippen LogP contribution in [0.5, 0.6) is 0 Å². The van der Waals surface area contributed by atoms with Gasteiger partial charge < -0.3 is 5.73 Å². The highest BCUT2D eigenvalue weighted by atomic mass is 79.9. The molecule has 0 fully saturated rings. The van der Waals surface area contributed by atoms with Crippen LogP contribution in [0, 0.1) is 0 Å². The molecule has 1 heterocycles. The van der Waals surface area contributed by atoms with Crippen molar-refractivity contribution >= 4 is 53.8 Å². The minimum absolute atomic E-state index is 0.496. The lowest BCUT2D eigenvalue weighted by Crippen LogP contribution is -2.00. The number of halogens is 1. The highest BCUT2D eigenvalue weighted by molar-refractivity contribution is 9.10. The van der Waals surface area contributed by atoms with E-state index in [-0.39, 0.29) is 0 Å². The molecule has 0 saturated heterocycles. The molecule has 1 unspecified atom stereocenters. The van der Waals surface area contributed by atoms with Crippen molar-refractivity contribution in [3.63, 3.8) is 0 Å². The molecule has 5 heteroatoms. The van der Waals surface area contributed by atoms with Gasteiger partial charge in [-0.15, -0.1) is 11.3 Å². The molecule has 0 aliphatic rings. The van der Waals surface area contributed by atoms with Gasteiger partial charge in [0.15, 0.2) is 0 Å². The molecular formula is C15H12BrNOS2. The Bertz CT molecular complexity index is 797. The van der Waals surface area contributed by atoms with Crippen LogP contribution in [0.3, 0.4) is 0 Å². The number of nitrogen functional groups attached to an aromatic ring is 1. The van der Waals surface area contributed by atoms with Gasteiger partial charge in [-0.2, -0.15) is 0 Å². The molecule has 20 heavy (non-hydrogen) atoms. The molecule has 2 N–H and O–H groups in total. The summed E-state index contributed by atoms with van der Waals surface area (Å²) in [6, 6.07) is 13.7. The number of hydrogen-bond acceptors (Lipinski definition) is 3. The zero-order valence-corrected chi connectivity index (χ0v) is 13.7. The minimum atomic E-state index is -1.13. The molecule has 3 rings (SSSR count). The summed E-state index contributed by atoms with van der Waals surface area (Å²) in [7, 11) is -1.13. The molecule has 3 aromatic rings. The highest BCUT2D eigenvalue weighted by Crippen LogP contribution is 2.29. The fraction of sp³-hybridized carbons (Fsp3) is 0.0667. The van der Waals surface area contributed by atoms with Crippen LogP contribution in [0.1, 0.15) is 5.56 Å². The van der Waals surface area contributed by atoms with Gasteiger partial charge in [-0.05, 0) is 40.6 Å². The van der Waals surface area contributed by atoms with Crippen molar-refractivity contribution in [2.75, 3.05) is 5.73 Å². The van der Waals surface area contributed by atoms with Gasteiger partial charge in [0.2, 0.25) is 0 Å². The third-order valence-electron chi connectivity index (χ3n) is 3.06. The predicted molar refractivity (Wildman–Crippen MR) is 90.5 cm³/mol. The quantitative estimate of drug-likeness (QED) is 0.691. The summed E-state index contributed by atoms with van der Waals surface area (Å²) >= 11 is 5.05. The average Bonchev–Trinajstić information content (AvgIpc) is 2.82. The molecule has 0 saturated carbocycles. The number of hydrogen-bond donors (Lipinski definition) is 1. The molecule has 0 aliphatic heterocycles. The molecule has 1 aromatic heterocycles. The third kappa shape index (κ3) is 2.66. The Hall–Kier alpha value is -1.17. The number of fused-ring (bicyclic) bond motifs is 1. The van der Waals surface area contributed by atoms with Gasteiger partial charge >= 0.3 is 0 Å². The summed E-state index contributed by atoms with van der Waals surface area (Å²) in [5.41, 5.74) is 7.63. The normalized spacial score (nSPS) is 12.7. The molecule has 1 atom stereocenters. The summed E-state index contributed by atoms with van der Waals surface area (Å²) in [6.45, 7) is 0. The fourth-order valence-electron chi connectivity index (χ4n) is 2.09. The van der Waals surface area contributed by atoms with E-state index in [1.54, 1.807) is 17.4 Å². The van der Waals surface area contributed by atoms with Crippen molar-refractivity contribution in [1.82, 2.24) is 0 Å². The molecule has 102 valence electrons. The number of nitrogens with two attached hydrogens (primary N) is 1. The minimum Gasteiger partial charge on any atom is -0.398 e. The lowest BCUT2D eigenvalue weighted by atomic mass is 10.2. The van der Waals surface area contributed by atoms with Gasteiger partial charge in [0, 0.05) is 14.9 Å². The molecular weight excluding hydrogens is 354 g/mol. The summed E-state index contributed by atoms with van der Waals surface area (Å²) < 4.78 is 14.6. The van der Waals surface area contributed by atoms with Crippen LogP contribution in [0.25, 0.3) is 10.1 Å². The van der Waals surface area contributed by atoms with Crippen molar-refractivity contribution in [3.8, 4) is 0 Å². The summed E-state index contributed by atoms with van der Waals surface area (Å²) in [5.74, 6) is 0.496. The number of thiophene rings is 1. The molecule has 0 bridgehead atoms. The summed E-state index contributed by atoms with van der Waals surface area (Å²) in [4.78, 5) is 0.698. The zero-order valence-electron chi connectivity index (χ0n) is 10.5. The first-order chi connectivity index (χ1) is 9.65. The second-order valence-electron chi connectivity index (χ2n) is 4.43. The number of anilines is 1. The van der Waals surface area contributed by atoms with Crippen LogP contribution in [-0.4, -0.2) is 4.21 Å². The number of rotatable bonds is 3. The van der Waals surface area contributed by atoms with E-state index in [0.29, 0.717) is 16.3 Å². The Labute approximate surface area is 132 Å². The van der Waals surface area contributed by atoms with Crippen molar-refractivity contribution in [2.45, 2.75) is 10.6 Å². The predicted octanol–water partition coefficient (Wildman–Crippen LogP) is 4.55. The maximum atomic E-state index is 12.5. The molecule has 2 aromatic carbocycles. The SMILES string of the molecule is Nc1cc(Br)ccc1S(=O)Cc1csc2ccccc12. The summed E-state index contributed by atoms with van der Waals surface area (Å²) in [6.07, 6.45) is 0. The Morgan fingerprint density at radius 1 is 1.20 bits per heavy atom. The van der Waals surface area contributed by atoms with E-state index in [2.05, 4.69) is 33.4 Å². The first-order valence-corrected chi connectivity index (χ1v) is 9.03. The number of benzene rings is 2. The average molecular weight is 366 g/mol. The lowest BCUT2D eigenvalue weighted by molar-refractivity contribution is 0.683. The molecule has 0 aliphatic carbocycles. The summed E-state index contributed by atoms with van der Waals surface area (Å²) in [5, 5.41) is 3.26. The smallest absolute Gasteiger partial charge is 0.0621 e. The van der Waals surface area contributed by atoms with Gasteiger partial charge in [-0.3, -0.25) is 4.21 Å². The third-order valence-corrected chi connectivity index (χ3v) is 6.01. The van der Waals surface area contributed by atoms with Crippen LogP contribution in [0.15, 0.2) is 57.2 Å². The van der Waals surface area contributed by atoms with Crippen LogP contribution in [0.4, 0.5) is 5.69 Å². The van der Waals surface area contributed by atoms with E-state index >= 15 is 0 Å². The molecule has 0 radical (unpaired) electrons. The maximum Gasteiger partial charge on any atom is 0.0621 e. The molecule has 0 amide bonds. The Balaban J connectivity index is 1.92. The van der Waals surface area contributed by atoms with Crippen LogP contribution < -0.4 is 5.73 Å². The van der Waals surface area contributed by atoms with E-state index in [1.165, 1.54) is 10.1 Å². The van der Waals surface area contributed by atoms with Crippen molar-refractivity contribution in [3.05, 3.63) is 57.9 Å². The lowest BCUT2D eigenvalue weighted by Gasteiger charge is -2.06. The fourth-order valence-corrected chi connectivity index (χ4v) is 4.76. The second kappa shape index (κ2) is 5.68. The maximum absolute atomic E-state index is 12.5. The largest absolute Gasteiger partial charge is 0.398 e. The van der Waals surface area contributed by atoms with Crippen LogP contribution in [0.2, 0.25) is 0 Å². The van der Waals surface area contributed by atoms with Gasteiger partial charge in [-0.25, -0.2) is 0 Å². The Kier molecular flexibility index (Phi) is 3.92. The Morgan fingerprint density at radius 3 is 2.80 bits per heavy atom. The van der Waals surface area contributed by atoms with E-state index in [1.807, 2.05) is 24.3 Å². The first-order valence-electron chi connectivity index (χ1n) is 6.03. The van der Waals surface area contributed by atoms with Gasteiger partial charge in [0.25, 0.3) is 0 Å². The Morgan fingerprint density at radius 2 is 2.00 bits per heavy atom. The molecule has 2 nitrogen and oxygen atoms in total. The van der Waals surface area contributed by atoms with E-state index in [4.69, 9.17) is 5.73 Å². The standard InChI is InChI=1S/C15H12BrNOS2/c16-11-5-6-15(13(17)7-11)20(18)9-10-8-19-14-4-2-1-3-12(10)14/h1-8H,9,17H2. The van der Waals surface area contributed by atoms with Crippen LogP contribution >= 0.6 is 27.3 Å². The monoisotopic (exact) mass is 365 g/mol. The van der Waals surface area contributed by atoms with Crippen molar-refractivity contribution < 1.29 is 4.21 Å². The van der Waals surface area contributed by atoms with E-state index < -0.39 is 10.8 Å². The zero-order chi connectivity index (χ0) is 14.1. The van der Waals surface area contributed by atoms with E-state index in [9.17, 15) is 4.21 Å². The van der Waals surface area contributed by atoms with Crippen molar-refractivity contribution in [1.29, 1.82) is 0 Å². The van der Waals surface area contributed by atoms with Crippen molar-refractivity contribution in [2.24, 2.45) is 0 Å².